The van der Waals surface area contributed by atoms with E-state index in [1.807, 2.05) is 0 Å². The average Bonchev–Trinajstić information content (AvgIpc) is 3.01. The van der Waals surface area contributed by atoms with E-state index >= 15 is 0 Å². The first-order valence-electron chi connectivity index (χ1n) is 12.9. The molecule has 0 aliphatic heterocycles. The summed E-state index contributed by atoms with van der Waals surface area (Å²) in [5, 5.41) is 7.58. The van der Waals surface area contributed by atoms with Crippen LogP contribution in [0.4, 0.5) is 24.5 Å². The highest BCUT2D eigenvalue weighted by Gasteiger charge is 2.34. The minimum Gasteiger partial charge on any atom is -0.497 e. The van der Waals surface area contributed by atoms with Crippen molar-refractivity contribution in [1.82, 2.24) is 5.32 Å². The van der Waals surface area contributed by atoms with Gasteiger partial charge in [0.2, 0.25) is 5.91 Å². The molecule has 44 heavy (non-hydrogen) atoms. The fourth-order valence-electron chi connectivity index (χ4n) is 3.87. The minimum absolute atomic E-state index is 0.0114. The predicted molar refractivity (Wildman–Crippen MR) is 166 cm³/mol. The topological polar surface area (TPSA) is 96.5 Å². The van der Waals surface area contributed by atoms with Crippen molar-refractivity contribution in [2.45, 2.75) is 11.1 Å². The lowest BCUT2D eigenvalue weighted by molar-refractivity contribution is -0.137. The Morgan fingerprint density at radius 3 is 2.30 bits per heavy atom. The molecule has 0 aliphatic rings. The van der Waals surface area contributed by atoms with Gasteiger partial charge >= 0.3 is 6.18 Å². The number of carbonyl (C=O) groups excluding carboxylic acids is 3. The van der Waals surface area contributed by atoms with Crippen molar-refractivity contribution in [3.8, 4) is 5.75 Å². The number of hydrogen-bond donors (Lipinski definition) is 3. The van der Waals surface area contributed by atoms with Gasteiger partial charge in [-0.05, 0) is 78.4 Å². The Morgan fingerprint density at radius 2 is 1.61 bits per heavy atom. The summed E-state index contributed by atoms with van der Waals surface area (Å²) in [7, 11) is 1.52. The molecule has 4 rings (SSSR count). The van der Waals surface area contributed by atoms with Gasteiger partial charge in [-0.25, -0.2) is 0 Å². The van der Waals surface area contributed by atoms with Crippen molar-refractivity contribution >= 4 is 58.5 Å². The molecule has 0 atom stereocenters. The first-order valence-corrected chi connectivity index (χ1v) is 14.3. The van der Waals surface area contributed by atoms with E-state index in [2.05, 4.69) is 16.0 Å². The second-order valence-electron chi connectivity index (χ2n) is 9.16. The van der Waals surface area contributed by atoms with Gasteiger partial charge in [0.15, 0.2) is 0 Å². The van der Waals surface area contributed by atoms with Crippen LogP contribution in [-0.4, -0.2) is 30.6 Å². The Morgan fingerprint density at radius 1 is 0.886 bits per heavy atom. The molecule has 12 heteroatoms. The Bertz CT molecular complexity index is 1680. The van der Waals surface area contributed by atoms with Crippen molar-refractivity contribution in [3.63, 3.8) is 0 Å². The largest absolute Gasteiger partial charge is 0.497 e. The first kappa shape index (κ1) is 32.2. The Labute approximate surface area is 260 Å². The van der Waals surface area contributed by atoms with Gasteiger partial charge in [0, 0.05) is 21.2 Å². The van der Waals surface area contributed by atoms with Crippen molar-refractivity contribution < 1.29 is 32.3 Å². The third kappa shape index (κ3) is 9.13. The van der Waals surface area contributed by atoms with E-state index in [4.69, 9.17) is 16.3 Å². The summed E-state index contributed by atoms with van der Waals surface area (Å²) in [5.41, 5.74) is -0.0410. The maximum atomic E-state index is 13.3. The van der Waals surface area contributed by atoms with Crippen LogP contribution >= 0.6 is 23.4 Å². The number of hydrogen-bond acceptors (Lipinski definition) is 5. The van der Waals surface area contributed by atoms with Gasteiger partial charge in [0.1, 0.15) is 11.4 Å². The standard InChI is InChI=1S/C32H25ClF3N3O4S/c1-43-24-9-5-6-20(16-24)17-28(39-30(41)21-7-3-2-4-8-21)31(42)37-23-11-13-25(14-12-23)44-19-29(40)38-27-15-10-22(33)18-26(27)32(34,35)36/h2-18H,19H2,1H3,(H,37,42)(H,38,40)(H,39,41)/b28-17-. The number of methoxy groups -OCH3 is 1. The van der Waals surface area contributed by atoms with E-state index in [1.165, 1.54) is 19.3 Å². The molecule has 0 fully saturated rings. The number of rotatable bonds is 10. The monoisotopic (exact) mass is 639 g/mol. The molecular weight excluding hydrogens is 615 g/mol. The SMILES string of the molecule is COc1cccc(/C=C(\NC(=O)c2ccccc2)C(=O)Nc2ccc(SCC(=O)Nc3ccc(Cl)cc3C(F)(F)F)cc2)c1. The lowest BCUT2D eigenvalue weighted by Gasteiger charge is -2.14. The fraction of sp³-hybridized carbons (Fsp3) is 0.0938. The fourth-order valence-corrected chi connectivity index (χ4v) is 4.74. The molecule has 0 saturated carbocycles. The Kier molecular flexibility index (Phi) is 10.7. The van der Waals surface area contributed by atoms with Gasteiger partial charge in [0.25, 0.3) is 11.8 Å². The molecule has 0 bridgehead atoms. The number of nitrogens with one attached hydrogen (secondary N) is 3. The maximum Gasteiger partial charge on any atom is 0.418 e. The summed E-state index contributed by atoms with van der Waals surface area (Å²) >= 11 is 6.79. The number of alkyl halides is 3. The number of benzene rings is 4. The number of ether oxygens (including phenoxy) is 1. The maximum absolute atomic E-state index is 13.3. The van der Waals surface area contributed by atoms with Crippen LogP contribution in [0.1, 0.15) is 21.5 Å². The highest BCUT2D eigenvalue weighted by molar-refractivity contribution is 8.00. The van der Waals surface area contributed by atoms with Crippen LogP contribution in [0.5, 0.6) is 5.75 Å². The van der Waals surface area contributed by atoms with Gasteiger partial charge in [-0.1, -0.05) is 41.9 Å². The van der Waals surface area contributed by atoms with Crippen LogP contribution in [0.3, 0.4) is 0 Å². The van der Waals surface area contributed by atoms with E-state index in [0.717, 1.165) is 23.9 Å². The molecule has 4 aromatic rings. The van der Waals surface area contributed by atoms with Crippen LogP contribution in [0, 0.1) is 0 Å². The summed E-state index contributed by atoms with van der Waals surface area (Å²) in [5.74, 6) is -1.28. The van der Waals surface area contributed by atoms with Crippen LogP contribution in [0.2, 0.25) is 5.02 Å². The number of halogens is 4. The van der Waals surface area contributed by atoms with Crippen molar-refractivity contribution in [3.05, 3.63) is 124 Å². The zero-order valence-electron chi connectivity index (χ0n) is 23.1. The first-order chi connectivity index (χ1) is 21.0. The van der Waals surface area contributed by atoms with Crippen molar-refractivity contribution in [2.24, 2.45) is 0 Å². The molecular formula is C32H25ClF3N3O4S. The minimum atomic E-state index is -4.69. The van der Waals surface area contributed by atoms with Crippen LogP contribution in [0.15, 0.2) is 108 Å². The highest BCUT2D eigenvalue weighted by Crippen LogP contribution is 2.36. The third-order valence-corrected chi connectivity index (χ3v) is 7.22. The molecule has 3 amide bonds. The van der Waals surface area contributed by atoms with Crippen molar-refractivity contribution in [1.29, 1.82) is 0 Å². The molecule has 0 heterocycles. The van der Waals surface area contributed by atoms with Crippen LogP contribution in [-0.2, 0) is 15.8 Å². The van der Waals surface area contributed by atoms with E-state index < -0.39 is 29.5 Å². The highest BCUT2D eigenvalue weighted by atomic mass is 35.5. The number of amides is 3. The summed E-state index contributed by atoms with van der Waals surface area (Å²) in [6, 6.07) is 25.0. The lowest BCUT2D eigenvalue weighted by atomic mass is 10.1. The summed E-state index contributed by atoms with van der Waals surface area (Å²) in [4.78, 5) is 39.1. The predicted octanol–water partition coefficient (Wildman–Crippen LogP) is 7.51. The normalized spacial score (nSPS) is 11.4. The third-order valence-electron chi connectivity index (χ3n) is 5.98. The van der Waals surface area contributed by atoms with E-state index in [0.29, 0.717) is 27.5 Å². The Balaban J connectivity index is 1.42. The smallest absolute Gasteiger partial charge is 0.418 e. The molecule has 0 radical (unpaired) electrons. The molecule has 3 N–H and O–H groups in total. The van der Waals surface area contributed by atoms with Crippen LogP contribution in [0.25, 0.3) is 6.08 Å². The molecule has 226 valence electrons. The number of carbonyl (C=O) groups is 3. The quantitative estimate of drug-likeness (QED) is 0.123. The molecule has 4 aromatic carbocycles. The van der Waals surface area contributed by atoms with E-state index in [1.54, 1.807) is 78.9 Å². The molecule has 7 nitrogen and oxygen atoms in total. The molecule has 0 aliphatic carbocycles. The molecule has 0 unspecified atom stereocenters. The summed E-state index contributed by atoms with van der Waals surface area (Å²) in [6.45, 7) is 0. The van der Waals surface area contributed by atoms with Gasteiger partial charge in [0.05, 0.1) is 24.1 Å². The summed E-state index contributed by atoms with van der Waals surface area (Å²) < 4.78 is 45.2. The lowest BCUT2D eigenvalue weighted by Crippen LogP contribution is -2.30. The number of anilines is 2. The van der Waals surface area contributed by atoms with Gasteiger partial charge < -0.3 is 20.7 Å². The average molecular weight is 640 g/mol. The zero-order valence-corrected chi connectivity index (χ0v) is 24.6. The second-order valence-corrected chi connectivity index (χ2v) is 10.6. The molecule has 0 aromatic heterocycles. The van der Waals surface area contributed by atoms with Gasteiger partial charge in [-0.2, -0.15) is 13.2 Å². The summed E-state index contributed by atoms with van der Waals surface area (Å²) in [6.07, 6.45) is -3.17. The Hall–Kier alpha value is -4.74. The van der Waals surface area contributed by atoms with Crippen LogP contribution < -0.4 is 20.7 Å². The van der Waals surface area contributed by atoms with Gasteiger partial charge in [-0.15, -0.1) is 11.8 Å². The zero-order chi connectivity index (χ0) is 31.7. The second kappa shape index (κ2) is 14.6. The van der Waals surface area contributed by atoms with E-state index in [9.17, 15) is 27.6 Å². The molecule has 0 saturated heterocycles. The van der Waals surface area contributed by atoms with Gasteiger partial charge in [-0.3, -0.25) is 14.4 Å². The van der Waals surface area contributed by atoms with E-state index in [-0.39, 0.29) is 22.2 Å². The molecule has 0 spiro atoms. The van der Waals surface area contributed by atoms with Crippen molar-refractivity contribution in [2.75, 3.05) is 23.5 Å². The number of thioether (sulfide) groups is 1.